The number of hydrogen-bond acceptors (Lipinski definition) is 7. The standard InChI is InChI=1S/C32H31F2N9O/c1-4-5-27(44)38-23-12-20(16-35-17-23)18-13-24-29(25(34)14-18)41-42-30(24)32-39-26-6-7-37-28(31(26)40-32)19-10-21(33)15-22(11-19)36-8-9-43(2)3/h6-7,10-17,36H,4-5,8-9H2,1-3H3,(H,38,44)(H,39,40)(H,41,42). The Labute approximate surface area is 252 Å². The number of fused-ring (bicyclic) bond motifs is 2. The summed E-state index contributed by atoms with van der Waals surface area (Å²) in [6.45, 7) is 3.37. The molecule has 6 aromatic rings. The number of nitrogens with one attached hydrogen (secondary N) is 4. The number of anilines is 2. The fraction of sp³-hybridized carbons (Fsp3) is 0.219. The molecule has 1 amide bonds. The van der Waals surface area contributed by atoms with E-state index >= 15 is 4.39 Å². The first kappa shape index (κ1) is 28.9. The van der Waals surface area contributed by atoms with Crippen LogP contribution in [0.25, 0.3) is 55.8 Å². The van der Waals surface area contributed by atoms with E-state index < -0.39 is 11.6 Å². The van der Waals surface area contributed by atoms with E-state index in [2.05, 4.69) is 35.8 Å². The number of amides is 1. The summed E-state index contributed by atoms with van der Waals surface area (Å²) in [7, 11) is 3.95. The Bertz CT molecular complexity index is 1980. The average Bonchev–Trinajstić information content (AvgIpc) is 3.61. The second-order valence-corrected chi connectivity index (χ2v) is 10.8. The van der Waals surface area contributed by atoms with E-state index in [-0.39, 0.29) is 11.4 Å². The molecule has 0 aliphatic carbocycles. The van der Waals surface area contributed by atoms with Gasteiger partial charge < -0.3 is 20.5 Å². The van der Waals surface area contributed by atoms with Gasteiger partial charge in [0.1, 0.15) is 22.5 Å². The summed E-state index contributed by atoms with van der Waals surface area (Å²) < 4.78 is 30.0. The van der Waals surface area contributed by atoms with Crippen molar-refractivity contribution < 1.29 is 13.6 Å². The predicted octanol–water partition coefficient (Wildman–Crippen LogP) is 6.22. The molecule has 12 heteroatoms. The van der Waals surface area contributed by atoms with E-state index in [9.17, 15) is 9.18 Å². The van der Waals surface area contributed by atoms with Gasteiger partial charge in [0.2, 0.25) is 5.91 Å². The molecule has 6 rings (SSSR count). The van der Waals surface area contributed by atoms with Gasteiger partial charge in [0.15, 0.2) is 11.6 Å². The van der Waals surface area contributed by atoms with Crippen LogP contribution in [0.1, 0.15) is 19.8 Å². The number of carbonyl (C=O) groups is 1. The van der Waals surface area contributed by atoms with Crippen LogP contribution in [-0.4, -0.2) is 68.1 Å². The van der Waals surface area contributed by atoms with Gasteiger partial charge in [-0.15, -0.1) is 0 Å². The lowest BCUT2D eigenvalue weighted by Crippen LogP contribution is -2.20. The summed E-state index contributed by atoms with van der Waals surface area (Å²) in [4.78, 5) is 31.0. The number of carbonyl (C=O) groups excluding carboxylic acids is 1. The number of imidazole rings is 1. The maximum absolute atomic E-state index is 15.3. The predicted molar refractivity (Wildman–Crippen MR) is 168 cm³/mol. The number of likely N-dealkylation sites (N-methyl/N-ethyl adjacent to an activating group) is 1. The molecule has 0 saturated heterocycles. The Morgan fingerprint density at radius 1 is 0.977 bits per heavy atom. The van der Waals surface area contributed by atoms with Crippen LogP contribution in [-0.2, 0) is 4.79 Å². The number of pyridine rings is 2. The molecule has 0 spiro atoms. The van der Waals surface area contributed by atoms with Crippen LogP contribution in [0, 0.1) is 11.6 Å². The summed E-state index contributed by atoms with van der Waals surface area (Å²) in [6, 6.07) is 11.4. The second-order valence-electron chi connectivity index (χ2n) is 10.8. The van der Waals surface area contributed by atoms with Crippen LogP contribution in [0.3, 0.4) is 0 Å². The molecule has 0 atom stereocenters. The smallest absolute Gasteiger partial charge is 0.224 e. The second kappa shape index (κ2) is 12.2. The van der Waals surface area contributed by atoms with Crippen LogP contribution < -0.4 is 10.6 Å². The highest BCUT2D eigenvalue weighted by atomic mass is 19.1. The van der Waals surface area contributed by atoms with Gasteiger partial charge in [0.05, 0.1) is 23.1 Å². The van der Waals surface area contributed by atoms with Crippen molar-refractivity contribution >= 4 is 39.2 Å². The van der Waals surface area contributed by atoms with Gasteiger partial charge in [-0.3, -0.25) is 19.9 Å². The van der Waals surface area contributed by atoms with Crippen molar-refractivity contribution in [3.05, 3.63) is 72.7 Å². The molecule has 224 valence electrons. The first-order valence-electron chi connectivity index (χ1n) is 14.3. The first-order valence-corrected chi connectivity index (χ1v) is 14.3. The Morgan fingerprint density at radius 3 is 2.64 bits per heavy atom. The lowest BCUT2D eigenvalue weighted by molar-refractivity contribution is -0.116. The molecular weight excluding hydrogens is 564 g/mol. The summed E-state index contributed by atoms with van der Waals surface area (Å²) >= 11 is 0. The summed E-state index contributed by atoms with van der Waals surface area (Å²) in [5.41, 5.74) is 5.28. The van der Waals surface area contributed by atoms with Crippen molar-refractivity contribution in [3.63, 3.8) is 0 Å². The largest absolute Gasteiger partial charge is 0.384 e. The third-order valence-corrected chi connectivity index (χ3v) is 7.14. The SMILES string of the molecule is CCCC(=O)Nc1cncc(-c2cc(F)c3n[nH]c(-c4nc5c(-c6cc(F)cc(NCCN(C)C)c6)nccc5[nH]4)c3c2)c1. The van der Waals surface area contributed by atoms with E-state index in [1.807, 2.05) is 32.0 Å². The van der Waals surface area contributed by atoms with Crippen molar-refractivity contribution in [2.75, 3.05) is 37.8 Å². The molecular formula is C32H31F2N9O. The lowest BCUT2D eigenvalue weighted by atomic mass is 10.0. The lowest BCUT2D eigenvalue weighted by Gasteiger charge is -2.12. The summed E-state index contributed by atoms with van der Waals surface area (Å²) in [5.74, 6) is -0.602. The van der Waals surface area contributed by atoms with E-state index in [0.29, 0.717) is 74.7 Å². The normalized spacial score (nSPS) is 11.5. The van der Waals surface area contributed by atoms with Crippen LogP contribution >= 0.6 is 0 Å². The zero-order chi connectivity index (χ0) is 30.8. The third-order valence-electron chi connectivity index (χ3n) is 7.14. The van der Waals surface area contributed by atoms with E-state index in [1.165, 1.54) is 18.2 Å². The Kier molecular flexibility index (Phi) is 7.99. The minimum Gasteiger partial charge on any atom is -0.384 e. The van der Waals surface area contributed by atoms with Gasteiger partial charge >= 0.3 is 0 Å². The molecule has 0 bridgehead atoms. The fourth-order valence-electron chi connectivity index (χ4n) is 5.06. The molecule has 10 nitrogen and oxygen atoms in total. The zero-order valence-corrected chi connectivity index (χ0v) is 24.5. The van der Waals surface area contributed by atoms with Gasteiger partial charge in [-0.25, -0.2) is 13.8 Å². The Balaban J connectivity index is 1.38. The molecule has 4 N–H and O–H groups in total. The molecule has 44 heavy (non-hydrogen) atoms. The highest BCUT2D eigenvalue weighted by molar-refractivity contribution is 5.98. The molecule has 0 saturated carbocycles. The maximum Gasteiger partial charge on any atom is 0.224 e. The molecule has 0 radical (unpaired) electrons. The molecule has 2 aromatic carbocycles. The zero-order valence-electron chi connectivity index (χ0n) is 24.5. The molecule has 0 fully saturated rings. The number of nitrogens with zero attached hydrogens (tertiary/aromatic N) is 5. The summed E-state index contributed by atoms with van der Waals surface area (Å²) in [6.07, 6.45) is 5.91. The van der Waals surface area contributed by atoms with Gasteiger partial charge in [0, 0.05) is 54.1 Å². The topological polar surface area (TPSA) is 128 Å². The van der Waals surface area contributed by atoms with E-state index in [4.69, 9.17) is 4.98 Å². The minimum atomic E-state index is -0.520. The van der Waals surface area contributed by atoms with Gasteiger partial charge in [-0.2, -0.15) is 5.10 Å². The van der Waals surface area contributed by atoms with Crippen molar-refractivity contribution in [1.29, 1.82) is 0 Å². The van der Waals surface area contributed by atoms with E-state index in [1.54, 1.807) is 36.8 Å². The molecule has 4 aromatic heterocycles. The molecule has 0 aliphatic rings. The van der Waals surface area contributed by atoms with Crippen molar-refractivity contribution in [1.82, 2.24) is 35.0 Å². The quantitative estimate of drug-likeness (QED) is 0.148. The number of benzene rings is 2. The Hall–Kier alpha value is -5.23. The average molecular weight is 596 g/mol. The summed E-state index contributed by atoms with van der Waals surface area (Å²) in [5, 5.41) is 13.7. The molecule has 0 unspecified atom stereocenters. The van der Waals surface area contributed by atoms with E-state index in [0.717, 1.165) is 13.0 Å². The first-order chi connectivity index (χ1) is 21.3. The maximum atomic E-state index is 15.3. The number of hydrogen-bond donors (Lipinski definition) is 4. The fourth-order valence-corrected chi connectivity index (χ4v) is 5.06. The van der Waals surface area contributed by atoms with Crippen LogP contribution in [0.5, 0.6) is 0 Å². The number of halogens is 2. The molecule has 0 aliphatic heterocycles. The van der Waals surface area contributed by atoms with Crippen LogP contribution in [0.4, 0.5) is 20.2 Å². The van der Waals surface area contributed by atoms with Crippen molar-refractivity contribution in [3.8, 4) is 33.9 Å². The monoisotopic (exact) mass is 595 g/mol. The van der Waals surface area contributed by atoms with Crippen LogP contribution in [0.2, 0.25) is 0 Å². The number of rotatable bonds is 10. The van der Waals surface area contributed by atoms with Crippen molar-refractivity contribution in [2.24, 2.45) is 0 Å². The number of H-pyrrole nitrogens is 2. The number of aromatic amines is 2. The highest BCUT2D eigenvalue weighted by Crippen LogP contribution is 2.34. The third kappa shape index (κ3) is 5.97. The minimum absolute atomic E-state index is 0.112. The Morgan fingerprint density at radius 2 is 1.82 bits per heavy atom. The number of aromatic nitrogens is 6. The molecule has 4 heterocycles. The van der Waals surface area contributed by atoms with Gasteiger partial charge in [-0.05, 0) is 68.5 Å². The van der Waals surface area contributed by atoms with Gasteiger partial charge in [-0.1, -0.05) is 6.92 Å². The van der Waals surface area contributed by atoms with Gasteiger partial charge in [0.25, 0.3) is 0 Å². The highest BCUT2D eigenvalue weighted by Gasteiger charge is 2.19. The van der Waals surface area contributed by atoms with Crippen LogP contribution in [0.15, 0.2) is 61.1 Å². The van der Waals surface area contributed by atoms with Crippen molar-refractivity contribution in [2.45, 2.75) is 19.8 Å².